The third-order valence-corrected chi connectivity index (χ3v) is 15.3. The van der Waals surface area contributed by atoms with Gasteiger partial charge in [0.1, 0.15) is 30.5 Å². The van der Waals surface area contributed by atoms with Crippen molar-refractivity contribution in [3.63, 3.8) is 0 Å². The smallest absolute Gasteiger partial charge is 0.407 e. The topological polar surface area (TPSA) is 226 Å². The molecule has 1 amide bonds. The average molecular weight is 748 g/mol. The quantitative estimate of drug-likeness (QED) is 0.201. The first-order chi connectivity index (χ1) is 24.7. The predicted molar refractivity (Wildman–Crippen MR) is 174 cm³/mol. The van der Waals surface area contributed by atoms with Crippen molar-refractivity contribution in [1.82, 2.24) is 5.32 Å². The number of esters is 4. The van der Waals surface area contributed by atoms with Crippen LogP contribution in [-0.2, 0) is 57.1 Å². The van der Waals surface area contributed by atoms with Crippen LogP contribution < -0.4 is 5.32 Å². The number of nitrogens with one attached hydrogen (secondary N) is 1. The van der Waals surface area contributed by atoms with E-state index in [1.54, 1.807) is 27.7 Å². The van der Waals surface area contributed by atoms with Crippen molar-refractivity contribution in [3.8, 4) is 0 Å². The normalized spacial score (nSPS) is 54.9. The summed E-state index contributed by atoms with van der Waals surface area (Å²) in [6, 6.07) is 0. The van der Waals surface area contributed by atoms with Crippen molar-refractivity contribution in [2.45, 2.75) is 129 Å². The molecule has 5 saturated carbocycles. The van der Waals surface area contributed by atoms with Crippen molar-refractivity contribution < 1.29 is 72.1 Å². The Bertz CT molecular complexity index is 1700. The number of ketones is 1. The van der Waals surface area contributed by atoms with E-state index in [4.69, 9.17) is 33.2 Å². The number of amides is 1. The Balaban J connectivity index is 1.39. The van der Waals surface area contributed by atoms with Crippen molar-refractivity contribution in [2.24, 2.45) is 57.7 Å². The summed E-state index contributed by atoms with van der Waals surface area (Å²) in [6.07, 6.45) is -8.86. The zero-order valence-corrected chi connectivity index (χ0v) is 31.3. The highest BCUT2D eigenvalue weighted by atomic mass is 16.8. The van der Waals surface area contributed by atoms with Crippen molar-refractivity contribution >= 4 is 35.8 Å². The van der Waals surface area contributed by atoms with Crippen LogP contribution in [0.1, 0.15) is 68.7 Å². The molecular weight excluding hydrogens is 698 g/mol. The van der Waals surface area contributed by atoms with Gasteiger partial charge < -0.3 is 48.7 Å². The zero-order chi connectivity index (χ0) is 38.7. The van der Waals surface area contributed by atoms with Crippen molar-refractivity contribution in [2.75, 3.05) is 6.54 Å². The lowest BCUT2D eigenvalue weighted by Crippen LogP contribution is -2.75. The van der Waals surface area contributed by atoms with Gasteiger partial charge in [-0.05, 0) is 39.0 Å². The van der Waals surface area contributed by atoms with E-state index in [2.05, 4.69) is 5.32 Å². The number of carbonyl (C=O) groups excluding carboxylic acids is 6. The van der Waals surface area contributed by atoms with E-state index >= 15 is 4.79 Å². The number of Topliss-reactive ketones (excluding diaryl/α,β-unsaturated/α-hetero) is 1. The summed E-state index contributed by atoms with van der Waals surface area (Å²) in [5, 5.41) is 27.5. The number of hydrogen-bond acceptors (Lipinski definition) is 15. The van der Waals surface area contributed by atoms with Crippen LogP contribution in [0.15, 0.2) is 0 Å². The van der Waals surface area contributed by atoms with Crippen LogP contribution in [0.2, 0.25) is 0 Å². The van der Waals surface area contributed by atoms with Gasteiger partial charge in [0.2, 0.25) is 5.79 Å². The molecule has 53 heavy (non-hydrogen) atoms. The van der Waals surface area contributed by atoms with E-state index < -0.39 is 154 Å². The highest BCUT2D eigenvalue weighted by Crippen LogP contribution is 2.80. The number of carbonyl (C=O) groups is 6. The Morgan fingerprint density at radius 3 is 2.09 bits per heavy atom. The monoisotopic (exact) mass is 747 g/mol. The molecule has 0 aromatic carbocycles. The maximum absolute atomic E-state index is 15.4. The number of fused-ring (bicyclic) bond motifs is 9. The minimum absolute atomic E-state index is 0.209. The van der Waals surface area contributed by atoms with Crippen LogP contribution in [0, 0.1) is 57.7 Å². The van der Waals surface area contributed by atoms with Gasteiger partial charge in [0.15, 0.2) is 17.5 Å². The summed E-state index contributed by atoms with van der Waals surface area (Å²) in [6.45, 7) is 13.9. The second kappa shape index (κ2) is 11.1. The molecule has 20 atom stereocenters. The number of ether oxygens (including phenoxy) is 7. The summed E-state index contributed by atoms with van der Waals surface area (Å²) in [5.41, 5.74) is -6.43. The first-order valence-electron chi connectivity index (χ1n) is 18.6. The summed E-state index contributed by atoms with van der Waals surface area (Å²) >= 11 is 0. The molecule has 16 nitrogen and oxygen atoms in total. The van der Waals surface area contributed by atoms with Gasteiger partial charge in [-0.15, -0.1) is 0 Å². The van der Waals surface area contributed by atoms with Gasteiger partial charge in [0.25, 0.3) is 0 Å². The largest absolute Gasteiger partial charge is 0.459 e. The number of aliphatic hydroxyl groups excluding tert-OH is 1. The van der Waals surface area contributed by atoms with E-state index in [1.165, 1.54) is 27.7 Å². The minimum atomic E-state index is -2.15. The molecule has 292 valence electrons. The van der Waals surface area contributed by atoms with E-state index in [9.17, 15) is 34.2 Å². The molecule has 0 bridgehead atoms. The first-order valence-corrected chi connectivity index (χ1v) is 18.6. The Hall–Kier alpha value is -3.34. The van der Waals surface area contributed by atoms with Gasteiger partial charge in [-0.3, -0.25) is 19.2 Å². The molecule has 1 spiro atoms. The number of aliphatic hydroxyl groups is 2. The van der Waals surface area contributed by atoms with E-state index in [0.29, 0.717) is 0 Å². The maximum Gasteiger partial charge on any atom is 0.407 e. The molecule has 0 radical (unpaired) electrons. The zero-order valence-electron chi connectivity index (χ0n) is 31.3. The molecule has 0 aromatic heterocycles. The second-order valence-electron chi connectivity index (χ2n) is 17.5. The SMILES string of the molecule is CCNC(=O)OC1C(=O)[C@H]2[C@@H]3[C@@H](O)[C@@H]4[C@H]([C@H](C)[C@H]5O[C@]56OC(=O)[C@@](C)(O)[C@]46C)[C@@]3(C)[C@@H](OC(C)=O)[C@@H](OC(C)=O)[C@@H]2[C@]2(C)[C@@H]1C[C@@H]1O[C@@H]1[C@@H]2OC(C)=O. The number of alkyl carbamates (subject to hydrolysis) is 1. The molecule has 3 saturated heterocycles. The van der Waals surface area contributed by atoms with Crippen LogP contribution >= 0.6 is 0 Å². The molecule has 8 rings (SSSR count). The van der Waals surface area contributed by atoms with E-state index in [-0.39, 0.29) is 13.0 Å². The highest BCUT2D eigenvalue weighted by molar-refractivity contribution is 5.90. The molecule has 8 fully saturated rings. The summed E-state index contributed by atoms with van der Waals surface area (Å²) in [7, 11) is 0. The Morgan fingerprint density at radius 1 is 0.868 bits per heavy atom. The molecular formula is C37H49NO15. The van der Waals surface area contributed by atoms with Crippen LogP contribution in [-0.4, -0.2) is 113 Å². The molecule has 3 N–H and O–H groups in total. The molecule has 1 unspecified atom stereocenters. The standard InChI is InChI=1S/C37H49NO15/c1-10-38-32(45)51-25-16-11-17-26(50-17)29(48-14(4)40)33(16,6)21-18(23(25)42)20-24(43)22-19(34(20,7)30(49-15(5)41)27(21)47-13(3)39)12(2)28-37(52-28)35(22,8)36(9,46)31(44)53-37/h12,16-22,24-30,43,46H,10-11H2,1-9H3,(H,38,45)/t12-,16+,17-,18-,19-,20+,21+,22-,24+,25?,26-,27-,28+,29-,30-,33-,34+,35-,36+,37-/m0/s1. The maximum atomic E-state index is 15.4. The van der Waals surface area contributed by atoms with Gasteiger partial charge in [-0.25, -0.2) is 9.59 Å². The molecule has 0 aromatic rings. The van der Waals surface area contributed by atoms with Crippen molar-refractivity contribution in [1.29, 1.82) is 0 Å². The molecule has 5 aliphatic carbocycles. The fraction of sp³-hybridized carbons (Fsp3) is 0.838. The number of rotatable bonds is 5. The van der Waals surface area contributed by atoms with Gasteiger partial charge in [0.05, 0.1) is 17.6 Å². The van der Waals surface area contributed by atoms with Crippen LogP contribution in [0.4, 0.5) is 4.79 Å². The number of epoxide rings is 2. The van der Waals surface area contributed by atoms with Crippen molar-refractivity contribution in [3.05, 3.63) is 0 Å². The lowest BCUT2D eigenvalue weighted by Gasteiger charge is -2.65. The third-order valence-electron chi connectivity index (χ3n) is 15.3. The van der Waals surface area contributed by atoms with Crippen LogP contribution in [0.3, 0.4) is 0 Å². The fourth-order valence-electron chi connectivity index (χ4n) is 13.3. The molecule has 16 heteroatoms. The minimum Gasteiger partial charge on any atom is -0.459 e. The third kappa shape index (κ3) is 4.26. The van der Waals surface area contributed by atoms with Crippen LogP contribution in [0.5, 0.6) is 0 Å². The van der Waals surface area contributed by atoms with Gasteiger partial charge >= 0.3 is 30.0 Å². The average Bonchev–Trinajstić information content (AvgIpc) is 3.96. The lowest BCUT2D eigenvalue weighted by atomic mass is 9.41. The highest BCUT2D eigenvalue weighted by Gasteiger charge is 2.93. The van der Waals surface area contributed by atoms with E-state index in [1.807, 2.05) is 6.92 Å². The fourth-order valence-corrected chi connectivity index (χ4v) is 13.3. The Labute approximate surface area is 306 Å². The summed E-state index contributed by atoms with van der Waals surface area (Å²) < 4.78 is 42.5. The van der Waals surface area contributed by atoms with E-state index in [0.717, 1.165) is 0 Å². The first kappa shape index (κ1) is 36.6. The van der Waals surface area contributed by atoms with Crippen LogP contribution in [0.25, 0.3) is 0 Å². The predicted octanol–water partition coefficient (Wildman–Crippen LogP) is 0.807. The number of hydrogen-bond donors (Lipinski definition) is 3. The Kier molecular flexibility index (Phi) is 7.69. The molecule has 8 aliphatic rings. The summed E-state index contributed by atoms with van der Waals surface area (Å²) in [4.78, 5) is 81.1. The molecule has 3 heterocycles. The van der Waals surface area contributed by atoms with Gasteiger partial charge in [0, 0.05) is 67.7 Å². The van der Waals surface area contributed by atoms with Gasteiger partial charge in [-0.2, -0.15) is 0 Å². The molecule has 3 aliphatic heterocycles. The Morgan fingerprint density at radius 2 is 1.49 bits per heavy atom. The lowest BCUT2D eigenvalue weighted by molar-refractivity contribution is -0.267. The van der Waals surface area contributed by atoms with Gasteiger partial charge in [-0.1, -0.05) is 20.8 Å². The summed E-state index contributed by atoms with van der Waals surface area (Å²) in [5.74, 6) is -11.6. The second-order valence-corrected chi connectivity index (χ2v) is 17.5.